The first-order chi connectivity index (χ1) is 15.3. The van der Waals surface area contributed by atoms with Crippen LogP contribution in [0.1, 0.15) is 12.0 Å². The minimum Gasteiger partial charge on any atom is -0.362 e. The number of amides is 1. The monoisotopic (exact) mass is 455 g/mol. The van der Waals surface area contributed by atoms with Crippen molar-refractivity contribution in [3.63, 3.8) is 0 Å². The highest BCUT2D eigenvalue weighted by atomic mass is 35.5. The Morgan fingerprint density at radius 1 is 1.19 bits per heavy atom. The van der Waals surface area contributed by atoms with Gasteiger partial charge in [-0.05, 0) is 30.7 Å². The van der Waals surface area contributed by atoms with Gasteiger partial charge in [0.15, 0.2) is 0 Å². The summed E-state index contributed by atoms with van der Waals surface area (Å²) in [6.45, 7) is 4.00. The van der Waals surface area contributed by atoms with Gasteiger partial charge in [-0.1, -0.05) is 23.7 Å². The third kappa shape index (κ3) is 4.29. The Balaban J connectivity index is 1.39. The van der Waals surface area contributed by atoms with E-state index in [0.717, 1.165) is 5.56 Å². The molecule has 166 valence electrons. The molecule has 2 aromatic carbocycles. The summed E-state index contributed by atoms with van der Waals surface area (Å²) in [5.74, 6) is -0.0634. The molecule has 0 atom stereocenters. The van der Waals surface area contributed by atoms with Crippen LogP contribution in [0.3, 0.4) is 0 Å². The molecule has 32 heavy (non-hydrogen) atoms. The van der Waals surface area contributed by atoms with E-state index >= 15 is 0 Å². The summed E-state index contributed by atoms with van der Waals surface area (Å²) in [5, 5.41) is 12.2. The van der Waals surface area contributed by atoms with Crippen LogP contribution in [0.2, 0.25) is 5.02 Å². The Morgan fingerprint density at radius 2 is 1.94 bits per heavy atom. The van der Waals surface area contributed by atoms with Gasteiger partial charge >= 0.3 is 0 Å². The van der Waals surface area contributed by atoms with Crippen molar-refractivity contribution < 1.29 is 9.72 Å². The molecule has 9 nitrogen and oxygen atoms in total. The van der Waals surface area contributed by atoms with E-state index in [0.29, 0.717) is 47.8 Å². The number of nitro benzene ring substituents is 1. The summed E-state index contributed by atoms with van der Waals surface area (Å²) in [7, 11) is 0. The van der Waals surface area contributed by atoms with Crippen molar-refractivity contribution in [2.75, 3.05) is 31.1 Å². The Labute approximate surface area is 189 Å². The highest BCUT2D eigenvalue weighted by Crippen LogP contribution is 2.31. The molecular formula is C22H22ClN5O4. The SMILES string of the molecule is Cc1cccc2c(=O)n(CCC(=O)N3CCN(c4ccc(Cl)cc4[N+](=O)[O-])CC3)cnc12. The van der Waals surface area contributed by atoms with E-state index in [1.54, 1.807) is 23.1 Å². The van der Waals surface area contributed by atoms with Crippen LogP contribution in [0, 0.1) is 17.0 Å². The quantitative estimate of drug-likeness (QED) is 0.433. The van der Waals surface area contributed by atoms with E-state index < -0.39 is 4.92 Å². The number of aryl methyl sites for hydroxylation is 2. The molecule has 0 N–H and O–H groups in total. The number of nitrogens with zero attached hydrogens (tertiary/aromatic N) is 5. The fraction of sp³-hybridized carbons (Fsp3) is 0.318. The molecule has 0 saturated carbocycles. The van der Waals surface area contributed by atoms with Crippen LogP contribution in [-0.2, 0) is 11.3 Å². The standard InChI is InChI=1S/C22H22ClN5O4/c1-15-3-2-4-17-21(15)24-14-27(22(17)30)8-7-20(29)26-11-9-25(10-12-26)18-6-5-16(23)13-19(18)28(31)32/h2-6,13-14H,7-12H2,1H3. The number of fused-ring (bicyclic) bond motifs is 1. The molecule has 0 aliphatic carbocycles. The maximum absolute atomic E-state index is 12.7. The van der Waals surface area contributed by atoms with Gasteiger partial charge < -0.3 is 9.80 Å². The smallest absolute Gasteiger partial charge is 0.294 e. The number of hydrogen-bond acceptors (Lipinski definition) is 6. The molecular weight excluding hydrogens is 434 g/mol. The highest BCUT2D eigenvalue weighted by Gasteiger charge is 2.26. The fourth-order valence-corrected chi connectivity index (χ4v) is 4.14. The second kappa shape index (κ2) is 8.96. The molecule has 3 aromatic rings. The van der Waals surface area contributed by atoms with Gasteiger partial charge in [0, 0.05) is 50.2 Å². The van der Waals surface area contributed by atoms with Crippen LogP contribution in [-0.4, -0.2) is 51.5 Å². The second-order valence-electron chi connectivity index (χ2n) is 7.72. The molecule has 1 fully saturated rings. The van der Waals surface area contributed by atoms with Gasteiger partial charge in [-0.25, -0.2) is 4.98 Å². The molecule has 1 aliphatic heterocycles. The van der Waals surface area contributed by atoms with Gasteiger partial charge in [-0.15, -0.1) is 0 Å². The van der Waals surface area contributed by atoms with E-state index in [1.807, 2.05) is 24.0 Å². The molecule has 2 heterocycles. The van der Waals surface area contributed by atoms with Crippen LogP contribution >= 0.6 is 11.6 Å². The summed E-state index contributed by atoms with van der Waals surface area (Å²) < 4.78 is 1.47. The molecule has 1 saturated heterocycles. The highest BCUT2D eigenvalue weighted by molar-refractivity contribution is 6.30. The number of carbonyl (C=O) groups excluding carboxylic acids is 1. The van der Waals surface area contributed by atoms with Gasteiger partial charge in [0.2, 0.25) is 5.91 Å². The lowest BCUT2D eigenvalue weighted by Gasteiger charge is -2.36. The van der Waals surface area contributed by atoms with Crippen molar-refractivity contribution in [1.29, 1.82) is 0 Å². The summed E-state index contributed by atoms with van der Waals surface area (Å²) in [5.41, 5.74) is 1.90. The molecule has 1 amide bonds. The molecule has 0 bridgehead atoms. The summed E-state index contributed by atoms with van der Waals surface area (Å²) >= 11 is 5.90. The number of carbonyl (C=O) groups is 1. The Morgan fingerprint density at radius 3 is 2.66 bits per heavy atom. The molecule has 1 aliphatic rings. The van der Waals surface area contributed by atoms with Gasteiger partial charge in [-0.3, -0.25) is 24.3 Å². The normalized spacial score (nSPS) is 14.1. The van der Waals surface area contributed by atoms with Crippen LogP contribution in [0.25, 0.3) is 10.9 Å². The molecule has 0 radical (unpaired) electrons. The van der Waals surface area contributed by atoms with E-state index in [4.69, 9.17) is 11.6 Å². The van der Waals surface area contributed by atoms with Gasteiger partial charge in [-0.2, -0.15) is 0 Å². The molecule has 10 heteroatoms. The van der Waals surface area contributed by atoms with Crippen LogP contribution in [0.4, 0.5) is 11.4 Å². The lowest BCUT2D eigenvalue weighted by molar-refractivity contribution is -0.384. The lowest BCUT2D eigenvalue weighted by Crippen LogP contribution is -2.49. The Bertz CT molecular complexity index is 1250. The van der Waals surface area contributed by atoms with E-state index in [-0.39, 0.29) is 30.1 Å². The van der Waals surface area contributed by atoms with Crippen molar-refractivity contribution in [2.24, 2.45) is 0 Å². The van der Waals surface area contributed by atoms with Crippen LogP contribution in [0.15, 0.2) is 47.5 Å². The van der Waals surface area contributed by atoms with Crippen molar-refractivity contribution >= 4 is 39.8 Å². The first-order valence-electron chi connectivity index (χ1n) is 10.3. The predicted molar refractivity (Wildman–Crippen MR) is 122 cm³/mol. The molecule has 1 aromatic heterocycles. The lowest BCUT2D eigenvalue weighted by atomic mass is 10.1. The van der Waals surface area contributed by atoms with Crippen molar-refractivity contribution in [1.82, 2.24) is 14.5 Å². The van der Waals surface area contributed by atoms with Crippen molar-refractivity contribution in [3.8, 4) is 0 Å². The molecule has 4 rings (SSSR count). The average Bonchev–Trinajstić information content (AvgIpc) is 2.79. The number of anilines is 1. The third-order valence-electron chi connectivity index (χ3n) is 5.73. The molecule has 0 spiro atoms. The zero-order valence-electron chi connectivity index (χ0n) is 17.5. The number of aromatic nitrogens is 2. The van der Waals surface area contributed by atoms with Crippen molar-refractivity contribution in [2.45, 2.75) is 19.9 Å². The number of benzene rings is 2. The fourth-order valence-electron chi connectivity index (χ4n) is 3.98. The summed E-state index contributed by atoms with van der Waals surface area (Å²) in [6.07, 6.45) is 1.67. The first-order valence-corrected chi connectivity index (χ1v) is 10.6. The van der Waals surface area contributed by atoms with Crippen LogP contribution in [0.5, 0.6) is 0 Å². The van der Waals surface area contributed by atoms with Gasteiger partial charge in [0.1, 0.15) is 5.69 Å². The number of para-hydroxylation sites is 1. The minimum atomic E-state index is -0.449. The minimum absolute atomic E-state index is 0.0457. The van der Waals surface area contributed by atoms with Crippen LogP contribution < -0.4 is 10.5 Å². The first kappa shape index (κ1) is 21.8. The number of halogens is 1. The van der Waals surface area contributed by atoms with Gasteiger partial charge in [0.05, 0.1) is 22.2 Å². The second-order valence-corrected chi connectivity index (χ2v) is 8.16. The summed E-state index contributed by atoms with van der Waals surface area (Å²) in [6, 6.07) is 10.1. The number of hydrogen-bond donors (Lipinski definition) is 0. The zero-order chi connectivity index (χ0) is 22.8. The number of piperazine rings is 1. The largest absolute Gasteiger partial charge is 0.362 e. The van der Waals surface area contributed by atoms with E-state index in [2.05, 4.69) is 4.98 Å². The Hall–Kier alpha value is -3.46. The Kier molecular flexibility index (Phi) is 6.09. The van der Waals surface area contributed by atoms with Crippen molar-refractivity contribution in [3.05, 3.63) is 73.8 Å². The number of rotatable bonds is 5. The zero-order valence-corrected chi connectivity index (χ0v) is 18.3. The van der Waals surface area contributed by atoms with E-state index in [1.165, 1.54) is 17.0 Å². The topological polar surface area (TPSA) is 102 Å². The van der Waals surface area contributed by atoms with Gasteiger partial charge in [0.25, 0.3) is 11.2 Å². The maximum atomic E-state index is 12.7. The summed E-state index contributed by atoms with van der Waals surface area (Å²) in [4.78, 5) is 44.3. The maximum Gasteiger partial charge on any atom is 0.294 e. The number of nitro groups is 1. The third-order valence-corrected chi connectivity index (χ3v) is 5.96. The average molecular weight is 456 g/mol. The molecule has 0 unspecified atom stereocenters. The predicted octanol–water partition coefficient (Wildman–Crippen LogP) is 3.01. The van der Waals surface area contributed by atoms with E-state index in [9.17, 15) is 19.7 Å².